The minimum absolute atomic E-state index is 0.00419. The molecule has 78 valence electrons. The van der Waals surface area contributed by atoms with Crippen molar-refractivity contribution in [2.75, 3.05) is 13.1 Å². The van der Waals surface area contributed by atoms with Crippen LogP contribution >= 0.6 is 0 Å². The van der Waals surface area contributed by atoms with Crippen LogP contribution in [0.1, 0.15) is 40.5 Å². The number of aliphatic hydroxyl groups is 1. The van der Waals surface area contributed by atoms with Gasteiger partial charge in [-0.05, 0) is 24.8 Å². The van der Waals surface area contributed by atoms with Crippen LogP contribution in [-0.2, 0) is 0 Å². The van der Waals surface area contributed by atoms with Crippen LogP contribution in [0.25, 0.3) is 0 Å². The Balaban J connectivity index is 2.83. The summed E-state index contributed by atoms with van der Waals surface area (Å²) in [5.74, 6) is 0.404. The Morgan fingerprint density at radius 3 is 2.46 bits per heavy atom. The van der Waals surface area contributed by atoms with Gasteiger partial charge in [-0.3, -0.25) is 0 Å². The van der Waals surface area contributed by atoms with E-state index in [9.17, 15) is 5.11 Å². The smallest absolute Gasteiger partial charge is 0.0747 e. The number of piperidine rings is 1. The molecule has 0 spiro atoms. The van der Waals surface area contributed by atoms with E-state index in [1.807, 2.05) is 0 Å². The summed E-state index contributed by atoms with van der Waals surface area (Å²) >= 11 is 0. The second-order valence-corrected chi connectivity index (χ2v) is 5.23. The standard InChI is InChI=1S/C11H23NO/c1-5-9-8-12-7-6-11(9,13)10(2,3)4/h9,12-13H,5-8H2,1-4H3. The molecule has 2 unspecified atom stereocenters. The Morgan fingerprint density at radius 2 is 2.08 bits per heavy atom. The Morgan fingerprint density at radius 1 is 1.46 bits per heavy atom. The SMILES string of the molecule is CCC1CNCCC1(O)C(C)(C)C. The van der Waals surface area contributed by atoms with Crippen LogP contribution in [0.2, 0.25) is 0 Å². The molecule has 13 heavy (non-hydrogen) atoms. The molecular formula is C11H23NO. The highest BCUT2D eigenvalue weighted by Crippen LogP contribution is 2.41. The molecule has 1 heterocycles. The summed E-state index contributed by atoms with van der Waals surface area (Å²) in [7, 11) is 0. The van der Waals surface area contributed by atoms with Crippen LogP contribution in [0.3, 0.4) is 0 Å². The lowest BCUT2D eigenvalue weighted by Gasteiger charge is -2.48. The van der Waals surface area contributed by atoms with E-state index in [4.69, 9.17) is 0 Å². The molecule has 2 heteroatoms. The van der Waals surface area contributed by atoms with Gasteiger partial charge in [-0.1, -0.05) is 27.7 Å². The third-order valence-corrected chi connectivity index (χ3v) is 3.54. The second kappa shape index (κ2) is 3.58. The monoisotopic (exact) mass is 185 g/mol. The fourth-order valence-electron chi connectivity index (χ4n) is 2.40. The minimum Gasteiger partial charge on any atom is -0.389 e. The molecule has 1 aliphatic rings. The molecule has 0 radical (unpaired) electrons. The molecule has 1 saturated heterocycles. The van der Waals surface area contributed by atoms with Crippen molar-refractivity contribution in [3.05, 3.63) is 0 Å². The molecule has 2 N–H and O–H groups in total. The first-order chi connectivity index (χ1) is 5.92. The quantitative estimate of drug-likeness (QED) is 0.652. The van der Waals surface area contributed by atoms with Gasteiger partial charge < -0.3 is 10.4 Å². The summed E-state index contributed by atoms with van der Waals surface area (Å²) in [5.41, 5.74) is -0.483. The molecule has 0 saturated carbocycles. The van der Waals surface area contributed by atoms with Gasteiger partial charge in [-0.25, -0.2) is 0 Å². The fraction of sp³-hybridized carbons (Fsp3) is 1.00. The highest BCUT2D eigenvalue weighted by molar-refractivity contribution is 4.99. The van der Waals surface area contributed by atoms with Crippen molar-refractivity contribution in [3.63, 3.8) is 0 Å². The van der Waals surface area contributed by atoms with Crippen LogP contribution in [0.15, 0.2) is 0 Å². The zero-order chi connectivity index (χ0) is 10.1. The van der Waals surface area contributed by atoms with Crippen molar-refractivity contribution in [2.24, 2.45) is 11.3 Å². The fourth-order valence-corrected chi connectivity index (χ4v) is 2.40. The maximum atomic E-state index is 10.6. The maximum absolute atomic E-state index is 10.6. The van der Waals surface area contributed by atoms with Crippen LogP contribution in [0.5, 0.6) is 0 Å². The van der Waals surface area contributed by atoms with E-state index in [0.717, 1.165) is 25.9 Å². The normalized spacial score (nSPS) is 36.2. The zero-order valence-corrected chi connectivity index (χ0v) is 9.35. The predicted molar refractivity (Wildman–Crippen MR) is 55.7 cm³/mol. The maximum Gasteiger partial charge on any atom is 0.0747 e. The number of hydrogen-bond donors (Lipinski definition) is 2. The van der Waals surface area contributed by atoms with E-state index in [1.165, 1.54) is 0 Å². The molecule has 2 atom stereocenters. The average Bonchev–Trinajstić information content (AvgIpc) is 2.03. The van der Waals surface area contributed by atoms with Crippen LogP contribution < -0.4 is 5.32 Å². The Bertz CT molecular complexity index is 173. The minimum atomic E-state index is -0.479. The van der Waals surface area contributed by atoms with E-state index in [-0.39, 0.29) is 5.41 Å². The molecule has 1 rings (SSSR count). The van der Waals surface area contributed by atoms with E-state index in [1.54, 1.807) is 0 Å². The van der Waals surface area contributed by atoms with Crippen molar-refractivity contribution in [1.82, 2.24) is 5.32 Å². The molecule has 0 amide bonds. The number of hydrogen-bond acceptors (Lipinski definition) is 2. The zero-order valence-electron chi connectivity index (χ0n) is 9.35. The molecule has 0 aromatic heterocycles. The molecule has 0 aromatic rings. The highest BCUT2D eigenvalue weighted by Gasteiger charge is 2.46. The first-order valence-corrected chi connectivity index (χ1v) is 5.35. The van der Waals surface area contributed by atoms with Crippen molar-refractivity contribution in [1.29, 1.82) is 0 Å². The summed E-state index contributed by atoms with van der Waals surface area (Å²) in [5, 5.41) is 14.0. The third kappa shape index (κ3) is 1.89. The summed E-state index contributed by atoms with van der Waals surface area (Å²) in [4.78, 5) is 0. The van der Waals surface area contributed by atoms with Gasteiger partial charge >= 0.3 is 0 Å². The molecular weight excluding hydrogens is 162 g/mol. The predicted octanol–water partition coefficient (Wildman–Crippen LogP) is 1.78. The summed E-state index contributed by atoms with van der Waals surface area (Å²) in [6.07, 6.45) is 1.94. The summed E-state index contributed by atoms with van der Waals surface area (Å²) < 4.78 is 0. The Kier molecular flexibility index (Phi) is 3.03. The van der Waals surface area contributed by atoms with Gasteiger partial charge in [0.2, 0.25) is 0 Å². The summed E-state index contributed by atoms with van der Waals surface area (Å²) in [6.45, 7) is 10.5. The lowest BCUT2D eigenvalue weighted by molar-refractivity contribution is -0.121. The van der Waals surface area contributed by atoms with E-state index >= 15 is 0 Å². The number of rotatable bonds is 1. The lowest BCUT2D eigenvalue weighted by Crippen LogP contribution is -2.57. The molecule has 1 aliphatic heterocycles. The third-order valence-electron chi connectivity index (χ3n) is 3.54. The van der Waals surface area contributed by atoms with Crippen LogP contribution in [0.4, 0.5) is 0 Å². The first-order valence-electron chi connectivity index (χ1n) is 5.35. The highest BCUT2D eigenvalue weighted by atomic mass is 16.3. The first kappa shape index (κ1) is 11.0. The van der Waals surface area contributed by atoms with E-state index < -0.39 is 5.60 Å². The Hall–Kier alpha value is -0.0800. The second-order valence-electron chi connectivity index (χ2n) is 5.23. The molecule has 0 aliphatic carbocycles. The van der Waals surface area contributed by atoms with E-state index in [0.29, 0.717) is 5.92 Å². The van der Waals surface area contributed by atoms with Crippen molar-refractivity contribution < 1.29 is 5.11 Å². The van der Waals surface area contributed by atoms with Gasteiger partial charge in [0.05, 0.1) is 5.60 Å². The van der Waals surface area contributed by atoms with Gasteiger partial charge in [-0.15, -0.1) is 0 Å². The Labute approximate surface area is 81.7 Å². The topological polar surface area (TPSA) is 32.3 Å². The largest absolute Gasteiger partial charge is 0.389 e. The van der Waals surface area contributed by atoms with E-state index in [2.05, 4.69) is 33.0 Å². The number of nitrogens with one attached hydrogen (secondary N) is 1. The van der Waals surface area contributed by atoms with Crippen molar-refractivity contribution >= 4 is 0 Å². The van der Waals surface area contributed by atoms with Gasteiger partial charge in [-0.2, -0.15) is 0 Å². The van der Waals surface area contributed by atoms with Gasteiger partial charge in [0.25, 0.3) is 0 Å². The summed E-state index contributed by atoms with van der Waals surface area (Å²) in [6, 6.07) is 0. The molecule has 1 fully saturated rings. The average molecular weight is 185 g/mol. The lowest BCUT2D eigenvalue weighted by atomic mass is 9.65. The van der Waals surface area contributed by atoms with Gasteiger partial charge in [0.1, 0.15) is 0 Å². The van der Waals surface area contributed by atoms with Crippen LogP contribution in [0, 0.1) is 11.3 Å². The van der Waals surface area contributed by atoms with Gasteiger partial charge in [0, 0.05) is 12.5 Å². The van der Waals surface area contributed by atoms with Crippen molar-refractivity contribution in [3.8, 4) is 0 Å². The molecule has 0 aromatic carbocycles. The molecule has 2 nitrogen and oxygen atoms in total. The van der Waals surface area contributed by atoms with Crippen molar-refractivity contribution in [2.45, 2.75) is 46.1 Å². The molecule has 0 bridgehead atoms. The van der Waals surface area contributed by atoms with Crippen LogP contribution in [-0.4, -0.2) is 23.8 Å². The van der Waals surface area contributed by atoms with Gasteiger partial charge in [0.15, 0.2) is 0 Å².